The Kier molecular flexibility index (Phi) is 4.16. The third kappa shape index (κ3) is 3.79. The molecule has 0 saturated heterocycles. The zero-order valence-corrected chi connectivity index (χ0v) is 10.7. The minimum atomic E-state index is -0.265. The lowest BCUT2D eigenvalue weighted by Gasteiger charge is -2.13. The highest BCUT2D eigenvalue weighted by Crippen LogP contribution is 2.44. The van der Waals surface area contributed by atoms with Crippen molar-refractivity contribution in [2.75, 3.05) is 19.7 Å². The smallest absolute Gasteiger partial charge is 0.251 e. The van der Waals surface area contributed by atoms with E-state index in [2.05, 4.69) is 10.6 Å². The topological polar surface area (TPSA) is 78.4 Å². The average Bonchev–Trinajstić information content (AvgIpc) is 3.24. The minimum Gasteiger partial charge on any atom is -0.396 e. The predicted octanol–water partition coefficient (Wildman–Crippen LogP) is 0.305. The van der Waals surface area contributed by atoms with Gasteiger partial charge in [-0.3, -0.25) is 9.59 Å². The van der Waals surface area contributed by atoms with E-state index in [1.807, 2.05) is 6.07 Å². The van der Waals surface area contributed by atoms with Crippen LogP contribution in [0.4, 0.5) is 0 Å². The summed E-state index contributed by atoms with van der Waals surface area (Å²) in [6.45, 7) is 0.530. The van der Waals surface area contributed by atoms with E-state index in [4.69, 9.17) is 5.11 Å². The normalized spacial score (nSPS) is 15.6. The summed E-state index contributed by atoms with van der Waals surface area (Å²) in [7, 11) is 0. The number of aliphatic hydroxyl groups excluding tert-OH is 1. The molecule has 0 unspecified atom stereocenters. The summed E-state index contributed by atoms with van der Waals surface area (Å²) < 4.78 is 0. The fourth-order valence-corrected chi connectivity index (χ4v) is 1.77. The molecule has 2 rings (SSSR count). The van der Waals surface area contributed by atoms with E-state index < -0.39 is 0 Å². The molecule has 1 aromatic carbocycles. The first kappa shape index (κ1) is 13.5. The molecule has 102 valence electrons. The Hall–Kier alpha value is -1.88. The van der Waals surface area contributed by atoms with Crippen molar-refractivity contribution >= 4 is 11.8 Å². The predicted molar refractivity (Wildman–Crippen MR) is 70.5 cm³/mol. The lowest BCUT2D eigenvalue weighted by atomic mass is 10.1. The van der Waals surface area contributed by atoms with Crippen molar-refractivity contribution in [3.05, 3.63) is 35.9 Å². The van der Waals surface area contributed by atoms with Crippen molar-refractivity contribution in [1.82, 2.24) is 10.6 Å². The molecule has 3 N–H and O–H groups in total. The first-order chi connectivity index (χ1) is 9.15. The molecule has 0 spiro atoms. The number of carbonyl (C=O) groups excluding carboxylic acids is 2. The molecule has 0 aliphatic heterocycles. The second kappa shape index (κ2) is 5.84. The molecule has 1 saturated carbocycles. The molecule has 1 aliphatic carbocycles. The summed E-state index contributed by atoms with van der Waals surface area (Å²) in [5, 5.41) is 14.4. The quantitative estimate of drug-likeness (QED) is 0.690. The van der Waals surface area contributed by atoms with Crippen molar-refractivity contribution in [2.24, 2.45) is 5.41 Å². The average molecular weight is 262 g/mol. The van der Waals surface area contributed by atoms with Crippen LogP contribution in [0.5, 0.6) is 0 Å². The van der Waals surface area contributed by atoms with Gasteiger partial charge in [0.1, 0.15) is 0 Å². The molecule has 19 heavy (non-hydrogen) atoms. The van der Waals surface area contributed by atoms with Crippen LogP contribution in [0.25, 0.3) is 0 Å². The summed E-state index contributed by atoms with van der Waals surface area (Å²) >= 11 is 0. The first-order valence-electron chi connectivity index (χ1n) is 6.36. The first-order valence-corrected chi connectivity index (χ1v) is 6.36. The van der Waals surface area contributed by atoms with E-state index in [1.165, 1.54) is 0 Å². The zero-order valence-electron chi connectivity index (χ0n) is 10.7. The number of amides is 2. The minimum absolute atomic E-state index is 0.0464. The number of benzene rings is 1. The standard InChI is InChI=1S/C14H18N2O3/c17-10-14(6-7-14)9-16-12(18)8-15-13(19)11-4-2-1-3-5-11/h1-5,17H,6-10H2,(H,15,19)(H,16,18). The number of rotatable bonds is 6. The van der Waals surface area contributed by atoms with E-state index in [0.717, 1.165) is 12.8 Å². The summed E-state index contributed by atoms with van der Waals surface area (Å²) in [6.07, 6.45) is 1.89. The van der Waals surface area contributed by atoms with Gasteiger partial charge in [0.25, 0.3) is 5.91 Å². The van der Waals surface area contributed by atoms with Crippen LogP contribution < -0.4 is 10.6 Å². The number of hydrogen-bond acceptors (Lipinski definition) is 3. The fraction of sp³-hybridized carbons (Fsp3) is 0.429. The summed E-state index contributed by atoms with van der Waals surface area (Å²) in [5.41, 5.74) is 0.420. The van der Waals surface area contributed by atoms with Crippen LogP contribution >= 0.6 is 0 Å². The van der Waals surface area contributed by atoms with Crippen LogP contribution in [0.3, 0.4) is 0 Å². The van der Waals surface area contributed by atoms with Gasteiger partial charge < -0.3 is 15.7 Å². The van der Waals surface area contributed by atoms with E-state index in [0.29, 0.717) is 12.1 Å². The SMILES string of the molecule is O=C(CNC(=O)c1ccccc1)NCC1(CO)CC1. The third-order valence-corrected chi connectivity index (χ3v) is 3.40. The van der Waals surface area contributed by atoms with Crippen molar-refractivity contribution in [3.8, 4) is 0 Å². The molecule has 5 heteroatoms. The Labute approximate surface area is 112 Å². The maximum Gasteiger partial charge on any atom is 0.251 e. The Morgan fingerprint density at radius 2 is 1.84 bits per heavy atom. The van der Waals surface area contributed by atoms with Gasteiger partial charge in [-0.05, 0) is 25.0 Å². The number of carbonyl (C=O) groups is 2. The lowest BCUT2D eigenvalue weighted by molar-refractivity contribution is -0.120. The van der Waals surface area contributed by atoms with Gasteiger partial charge in [0.05, 0.1) is 13.2 Å². The van der Waals surface area contributed by atoms with E-state index in [-0.39, 0.29) is 30.4 Å². The fourth-order valence-electron chi connectivity index (χ4n) is 1.77. The molecule has 1 fully saturated rings. The van der Waals surface area contributed by atoms with E-state index in [9.17, 15) is 9.59 Å². The van der Waals surface area contributed by atoms with E-state index in [1.54, 1.807) is 24.3 Å². The van der Waals surface area contributed by atoms with E-state index >= 15 is 0 Å². The summed E-state index contributed by atoms with van der Waals surface area (Å²) in [6, 6.07) is 8.75. The highest BCUT2D eigenvalue weighted by molar-refractivity contribution is 5.96. The molecule has 0 bridgehead atoms. The van der Waals surface area contributed by atoms with Gasteiger partial charge in [-0.15, -0.1) is 0 Å². The van der Waals surface area contributed by atoms with Crippen molar-refractivity contribution < 1.29 is 14.7 Å². The molecule has 5 nitrogen and oxygen atoms in total. The maximum atomic E-state index is 11.7. The van der Waals surface area contributed by atoms with Gasteiger partial charge in [-0.25, -0.2) is 0 Å². The Morgan fingerprint density at radius 3 is 2.42 bits per heavy atom. The molecule has 0 atom stereocenters. The second-order valence-corrected chi connectivity index (χ2v) is 4.98. The van der Waals surface area contributed by atoms with Gasteiger partial charge in [0, 0.05) is 17.5 Å². The largest absolute Gasteiger partial charge is 0.396 e. The highest BCUT2D eigenvalue weighted by Gasteiger charge is 2.41. The van der Waals surface area contributed by atoms with Gasteiger partial charge >= 0.3 is 0 Å². The molecule has 0 radical (unpaired) electrons. The zero-order chi connectivity index (χ0) is 13.7. The molecular formula is C14H18N2O3. The van der Waals surface area contributed by atoms with Crippen molar-refractivity contribution in [2.45, 2.75) is 12.8 Å². The van der Waals surface area contributed by atoms with Crippen molar-refractivity contribution in [3.63, 3.8) is 0 Å². The van der Waals surface area contributed by atoms with Crippen LogP contribution in [0.15, 0.2) is 30.3 Å². The number of hydrogen-bond donors (Lipinski definition) is 3. The maximum absolute atomic E-state index is 11.7. The summed E-state index contributed by atoms with van der Waals surface area (Å²) in [4.78, 5) is 23.2. The van der Waals surface area contributed by atoms with Gasteiger partial charge in [-0.2, -0.15) is 0 Å². The molecular weight excluding hydrogens is 244 g/mol. The number of nitrogens with one attached hydrogen (secondary N) is 2. The number of aliphatic hydroxyl groups is 1. The molecule has 0 aromatic heterocycles. The highest BCUT2D eigenvalue weighted by atomic mass is 16.3. The third-order valence-electron chi connectivity index (χ3n) is 3.40. The Bertz CT molecular complexity index is 455. The van der Waals surface area contributed by atoms with Crippen LogP contribution in [0, 0.1) is 5.41 Å². The lowest BCUT2D eigenvalue weighted by Crippen LogP contribution is -2.39. The molecule has 1 aromatic rings. The van der Waals surface area contributed by atoms with Crippen LogP contribution in [0.2, 0.25) is 0 Å². The van der Waals surface area contributed by atoms with Crippen LogP contribution in [-0.2, 0) is 4.79 Å². The second-order valence-electron chi connectivity index (χ2n) is 4.98. The van der Waals surface area contributed by atoms with Crippen LogP contribution in [0.1, 0.15) is 23.2 Å². The van der Waals surface area contributed by atoms with Crippen LogP contribution in [-0.4, -0.2) is 36.6 Å². The molecule has 2 amide bonds. The Morgan fingerprint density at radius 1 is 1.16 bits per heavy atom. The van der Waals surface area contributed by atoms with Gasteiger partial charge in [-0.1, -0.05) is 18.2 Å². The molecule has 0 heterocycles. The van der Waals surface area contributed by atoms with Gasteiger partial charge in [0.15, 0.2) is 0 Å². The summed E-state index contributed by atoms with van der Waals surface area (Å²) in [5.74, 6) is -0.497. The molecule has 1 aliphatic rings. The Balaban J connectivity index is 1.70. The van der Waals surface area contributed by atoms with Crippen molar-refractivity contribution in [1.29, 1.82) is 0 Å². The monoisotopic (exact) mass is 262 g/mol. The van der Waals surface area contributed by atoms with Gasteiger partial charge in [0.2, 0.25) is 5.91 Å².